The van der Waals surface area contributed by atoms with Gasteiger partial charge in [0, 0.05) is 43.2 Å². The molecule has 1 aliphatic rings. The third-order valence-electron chi connectivity index (χ3n) is 4.98. The van der Waals surface area contributed by atoms with Gasteiger partial charge in [0.2, 0.25) is 0 Å². The van der Waals surface area contributed by atoms with E-state index in [0.29, 0.717) is 5.92 Å². The highest BCUT2D eigenvalue weighted by atomic mass is 16.3. The SMILES string of the molecule is CN(C)c1ccc([C@@H]2CCCc3oc(-c4ccccc4)cc32)cc1. The van der Waals surface area contributed by atoms with Crippen LogP contribution < -0.4 is 4.90 Å². The van der Waals surface area contributed by atoms with E-state index < -0.39 is 0 Å². The van der Waals surface area contributed by atoms with Gasteiger partial charge in [0.05, 0.1) is 0 Å². The third-order valence-corrected chi connectivity index (χ3v) is 4.98. The Morgan fingerprint density at radius 1 is 0.958 bits per heavy atom. The Kier molecular flexibility index (Phi) is 3.89. The molecule has 2 heteroatoms. The number of hydrogen-bond donors (Lipinski definition) is 0. The number of aryl methyl sites for hydroxylation is 1. The number of hydrogen-bond acceptors (Lipinski definition) is 2. The van der Waals surface area contributed by atoms with Gasteiger partial charge in [0.1, 0.15) is 11.5 Å². The Morgan fingerprint density at radius 2 is 1.71 bits per heavy atom. The van der Waals surface area contributed by atoms with Crippen LogP contribution in [0.2, 0.25) is 0 Å². The largest absolute Gasteiger partial charge is 0.461 e. The van der Waals surface area contributed by atoms with Crippen LogP contribution >= 0.6 is 0 Å². The van der Waals surface area contributed by atoms with Crippen LogP contribution in [0.5, 0.6) is 0 Å². The number of furan rings is 1. The summed E-state index contributed by atoms with van der Waals surface area (Å²) >= 11 is 0. The highest BCUT2D eigenvalue weighted by Gasteiger charge is 2.26. The van der Waals surface area contributed by atoms with Crippen molar-refractivity contribution >= 4 is 5.69 Å². The van der Waals surface area contributed by atoms with Gasteiger partial charge >= 0.3 is 0 Å². The minimum Gasteiger partial charge on any atom is -0.461 e. The summed E-state index contributed by atoms with van der Waals surface area (Å²) in [7, 11) is 4.16. The van der Waals surface area contributed by atoms with Crippen molar-refractivity contribution in [1.29, 1.82) is 0 Å². The summed E-state index contributed by atoms with van der Waals surface area (Å²) in [4.78, 5) is 2.14. The predicted octanol–water partition coefficient (Wildman–Crippen LogP) is 5.48. The fraction of sp³-hybridized carbons (Fsp3) is 0.273. The highest BCUT2D eigenvalue weighted by molar-refractivity contribution is 5.60. The second-order valence-electron chi connectivity index (χ2n) is 6.79. The Balaban J connectivity index is 1.70. The number of nitrogens with zero attached hydrogens (tertiary/aromatic N) is 1. The summed E-state index contributed by atoms with van der Waals surface area (Å²) in [5, 5.41) is 0. The first-order chi connectivity index (χ1) is 11.7. The van der Waals surface area contributed by atoms with E-state index in [1.54, 1.807) is 0 Å². The molecular formula is C22H23NO. The summed E-state index contributed by atoms with van der Waals surface area (Å²) in [6.07, 6.45) is 3.44. The Bertz CT molecular complexity index is 815. The van der Waals surface area contributed by atoms with E-state index in [1.165, 1.54) is 35.4 Å². The van der Waals surface area contributed by atoms with Crippen LogP contribution in [0.4, 0.5) is 5.69 Å². The molecule has 0 bridgehead atoms. The zero-order chi connectivity index (χ0) is 16.5. The molecule has 1 atom stereocenters. The summed E-state index contributed by atoms with van der Waals surface area (Å²) < 4.78 is 6.20. The van der Waals surface area contributed by atoms with E-state index >= 15 is 0 Å². The zero-order valence-electron chi connectivity index (χ0n) is 14.3. The molecule has 2 nitrogen and oxygen atoms in total. The number of anilines is 1. The van der Waals surface area contributed by atoms with E-state index in [2.05, 4.69) is 73.6 Å². The van der Waals surface area contributed by atoms with E-state index in [1.807, 2.05) is 6.07 Å². The van der Waals surface area contributed by atoms with Crippen molar-refractivity contribution in [3.63, 3.8) is 0 Å². The molecule has 0 radical (unpaired) electrons. The molecule has 122 valence electrons. The predicted molar refractivity (Wildman–Crippen MR) is 99.7 cm³/mol. The van der Waals surface area contributed by atoms with Crippen LogP contribution in [0.1, 0.15) is 35.6 Å². The van der Waals surface area contributed by atoms with Crippen molar-refractivity contribution in [3.8, 4) is 11.3 Å². The molecular weight excluding hydrogens is 294 g/mol. The first kappa shape index (κ1) is 15.1. The van der Waals surface area contributed by atoms with Crippen LogP contribution in [0.15, 0.2) is 65.1 Å². The Labute approximate surface area is 143 Å². The molecule has 0 N–H and O–H groups in total. The quantitative estimate of drug-likeness (QED) is 0.636. The molecule has 1 heterocycles. The fourth-order valence-corrected chi connectivity index (χ4v) is 3.65. The maximum Gasteiger partial charge on any atom is 0.134 e. The topological polar surface area (TPSA) is 16.4 Å². The van der Waals surface area contributed by atoms with Gasteiger partial charge in [-0.25, -0.2) is 0 Å². The first-order valence-electron chi connectivity index (χ1n) is 8.67. The smallest absolute Gasteiger partial charge is 0.134 e. The molecule has 0 spiro atoms. The highest BCUT2D eigenvalue weighted by Crippen LogP contribution is 2.40. The monoisotopic (exact) mass is 317 g/mol. The lowest BCUT2D eigenvalue weighted by Gasteiger charge is -2.22. The molecule has 3 aromatic rings. The summed E-state index contributed by atoms with van der Waals surface area (Å²) in [6.45, 7) is 0. The van der Waals surface area contributed by atoms with E-state index in [4.69, 9.17) is 4.42 Å². The normalized spacial score (nSPS) is 16.7. The van der Waals surface area contributed by atoms with Crippen LogP contribution in [-0.2, 0) is 6.42 Å². The molecule has 0 saturated heterocycles. The maximum atomic E-state index is 6.20. The Morgan fingerprint density at radius 3 is 2.42 bits per heavy atom. The average Bonchev–Trinajstić information content (AvgIpc) is 3.07. The van der Waals surface area contributed by atoms with E-state index in [9.17, 15) is 0 Å². The van der Waals surface area contributed by atoms with Gasteiger partial charge in [-0.1, -0.05) is 42.5 Å². The number of benzene rings is 2. The molecule has 1 aliphatic carbocycles. The second kappa shape index (κ2) is 6.20. The minimum atomic E-state index is 0.450. The van der Waals surface area contributed by atoms with Crippen molar-refractivity contribution in [2.45, 2.75) is 25.2 Å². The summed E-state index contributed by atoms with van der Waals surface area (Å²) in [5.74, 6) is 2.62. The van der Waals surface area contributed by atoms with Gasteiger partial charge in [0.25, 0.3) is 0 Å². The van der Waals surface area contributed by atoms with Crippen molar-refractivity contribution in [2.24, 2.45) is 0 Å². The van der Waals surface area contributed by atoms with E-state index in [0.717, 1.165) is 17.7 Å². The average molecular weight is 317 g/mol. The fourth-order valence-electron chi connectivity index (χ4n) is 3.65. The molecule has 0 amide bonds. The van der Waals surface area contributed by atoms with Crippen molar-refractivity contribution < 1.29 is 4.42 Å². The molecule has 1 aromatic heterocycles. The first-order valence-corrected chi connectivity index (χ1v) is 8.67. The van der Waals surface area contributed by atoms with Crippen molar-refractivity contribution in [2.75, 3.05) is 19.0 Å². The second-order valence-corrected chi connectivity index (χ2v) is 6.79. The summed E-state index contributed by atoms with van der Waals surface area (Å²) in [5.41, 5.74) is 5.17. The summed E-state index contributed by atoms with van der Waals surface area (Å²) in [6, 6.07) is 21.6. The molecule has 0 aliphatic heterocycles. The molecule has 0 saturated carbocycles. The van der Waals surface area contributed by atoms with Gasteiger partial charge in [-0.05, 0) is 36.6 Å². The lowest BCUT2D eigenvalue weighted by Crippen LogP contribution is -2.10. The number of fused-ring (bicyclic) bond motifs is 1. The maximum absolute atomic E-state index is 6.20. The Hall–Kier alpha value is -2.48. The van der Waals surface area contributed by atoms with Crippen LogP contribution in [0, 0.1) is 0 Å². The van der Waals surface area contributed by atoms with Crippen molar-refractivity contribution in [3.05, 3.63) is 77.6 Å². The standard InChI is InChI=1S/C22H23NO/c1-23(2)18-13-11-16(12-14-18)19-9-6-10-21-20(19)15-22(24-21)17-7-4-3-5-8-17/h3-5,7-8,11-15,19H,6,9-10H2,1-2H3/t19-/m0/s1. The zero-order valence-corrected chi connectivity index (χ0v) is 14.3. The number of rotatable bonds is 3. The third kappa shape index (κ3) is 2.73. The molecule has 0 fully saturated rings. The van der Waals surface area contributed by atoms with Crippen LogP contribution in [-0.4, -0.2) is 14.1 Å². The molecule has 24 heavy (non-hydrogen) atoms. The van der Waals surface area contributed by atoms with Gasteiger partial charge < -0.3 is 9.32 Å². The van der Waals surface area contributed by atoms with E-state index in [-0.39, 0.29) is 0 Å². The van der Waals surface area contributed by atoms with Crippen LogP contribution in [0.3, 0.4) is 0 Å². The van der Waals surface area contributed by atoms with Gasteiger partial charge in [-0.15, -0.1) is 0 Å². The van der Waals surface area contributed by atoms with Gasteiger partial charge in [0.15, 0.2) is 0 Å². The molecule has 4 rings (SSSR count). The van der Waals surface area contributed by atoms with Gasteiger partial charge in [-0.3, -0.25) is 0 Å². The minimum absolute atomic E-state index is 0.450. The van der Waals surface area contributed by atoms with Crippen LogP contribution in [0.25, 0.3) is 11.3 Å². The molecule has 2 aromatic carbocycles. The van der Waals surface area contributed by atoms with Gasteiger partial charge in [-0.2, -0.15) is 0 Å². The lowest BCUT2D eigenvalue weighted by atomic mass is 9.82. The lowest BCUT2D eigenvalue weighted by molar-refractivity contribution is 0.473. The van der Waals surface area contributed by atoms with Crippen molar-refractivity contribution in [1.82, 2.24) is 0 Å². The molecule has 0 unspecified atom stereocenters.